The SMILES string of the molecule is C=CCNC(=NC)NCCC(C)c1ccccc1.I. The molecule has 0 amide bonds. The molecule has 1 unspecified atom stereocenters. The Morgan fingerprint density at radius 1 is 1.32 bits per heavy atom. The van der Waals surface area contributed by atoms with Crippen LogP contribution in [0.3, 0.4) is 0 Å². The predicted octanol–water partition coefficient (Wildman–Crippen LogP) is 3.15. The molecule has 0 aliphatic rings. The minimum atomic E-state index is 0. The van der Waals surface area contributed by atoms with E-state index in [1.54, 1.807) is 7.05 Å². The summed E-state index contributed by atoms with van der Waals surface area (Å²) in [5.74, 6) is 1.38. The van der Waals surface area contributed by atoms with Gasteiger partial charge in [0.2, 0.25) is 0 Å². The van der Waals surface area contributed by atoms with E-state index in [1.807, 2.05) is 6.08 Å². The molecule has 3 nitrogen and oxygen atoms in total. The molecule has 0 aliphatic heterocycles. The highest BCUT2D eigenvalue weighted by molar-refractivity contribution is 14.0. The quantitative estimate of drug-likeness (QED) is 0.348. The lowest BCUT2D eigenvalue weighted by atomic mass is 9.98. The molecule has 0 radical (unpaired) electrons. The summed E-state index contributed by atoms with van der Waals surface area (Å²) in [4.78, 5) is 4.14. The average molecular weight is 373 g/mol. The van der Waals surface area contributed by atoms with Crippen molar-refractivity contribution in [3.05, 3.63) is 48.6 Å². The summed E-state index contributed by atoms with van der Waals surface area (Å²) in [6, 6.07) is 10.6. The monoisotopic (exact) mass is 373 g/mol. The summed E-state index contributed by atoms with van der Waals surface area (Å²) in [7, 11) is 1.78. The molecule has 0 saturated carbocycles. The van der Waals surface area contributed by atoms with Crippen LogP contribution in [0.15, 0.2) is 48.0 Å². The van der Waals surface area contributed by atoms with Crippen LogP contribution in [0.5, 0.6) is 0 Å². The fraction of sp³-hybridized carbons (Fsp3) is 0.400. The lowest BCUT2D eigenvalue weighted by molar-refractivity contribution is 0.654. The average Bonchev–Trinajstić information content (AvgIpc) is 2.43. The van der Waals surface area contributed by atoms with E-state index in [1.165, 1.54) is 5.56 Å². The number of rotatable bonds is 6. The van der Waals surface area contributed by atoms with Crippen molar-refractivity contribution < 1.29 is 0 Å². The van der Waals surface area contributed by atoms with E-state index in [-0.39, 0.29) is 24.0 Å². The predicted molar refractivity (Wildman–Crippen MR) is 94.5 cm³/mol. The maximum Gasteiger partial charge on any atom is 0.191 e. The van der Waals surface area contributed by atoms with Gasteiger partial charge in [-0.1, -0.05) is 43.3 Å². The van der Waals surface area contributed by atoms with Gasteiger partial charge in [-0.05, 0) is 17.9 Å². The van der Waals surface area contributed by atoms with Crippen LogP contribution in [0.1, 0.15) is 24.8 Å². The highest BCUT2D eigenvalue weighted by Gasteiger charge is 2.04. The van der Waals surface area contributed by atoms with Gasteiger partial charge in [0.1, 0.15) is 0 Å². The summed E-state index contributed by atoms with van der Waals surface area (Å²) in [5, 5.41) is 6.45. The number of hydrogen-bond acceptors (Lipinski definition) is 1. The van der Waals surface area contributed by atoms with Crippen LogP contribution in [-0.4, -0.2) is 26.1 Å². The van der Waals surface area contributed by atoms with Crippen LogP contribution in [0, 0.1) is 0 Å². The van der Waals surface area contributed by atoms with Crippen LogP contribution < -0.4 is 10.6 Å². The Morgan fingerprint density at radius 3 is 2.58 bits per heavy atom. The van der Waals surface area contributed by atoms with E-state index in [2.05, 4.69) is 59.5 Å². The fourth-order valence-electron chi connectivity index (χ4n) is 1.74. The van der Waals surface area contributed by atoms with Crippen molar-refractivity contribution >= 4 is 29.9 Å². The zero-order chi connectivity index (χ0) is 13.2. The van der Waals surface area contributed by atoms with Crippen molar-refractivity contribution in [3.63, 3.8) is 0 Å². The number of nitrogens with one attached hydrogen (secondary N) is 2. The van der Waals surface area contributed by atoms with Gasteiger partial charge < -0.3 is 10.6 Å². The van der Waals surface area contributed by atoms with Crippen LogP contribution in [0.25, 0.3) is 0 Å². The largest absolute Gasteiger partial charge is 0.356 e. The van der Waals surface area contributed by atoms with Crippen molar-refractivity contribution in [1.82, 2.24) is 10.6 Å². The fourth-order valence-corrected chi connectivity index (χ4v) is 1.74. The summed E-state index contributed by atoms with van der Waals surface area (Å²) in [6.45, 7) is 7.56. The second-order valence-electron chi connectivity index (χ2n) is 4.27. The Balaban J connectivity index is 0.00000324. The molecular weight excluding hydrogens is 349 g/mol. The van der Waals surface area contributed by atoms with E-state index in [4.69, 9.17) is 0 Å². The molecule has 0 saturated heterocycles. The van der Waals surface area contributed by atoms with E-state index in [0.717, 1.165) is 25.5 Å². The third-order valence-electron chi connectivity index (χ3n) is 2.88. The molecule has 4 heteroatoms. The number of guanidine groups is 1. The standard InChI is InChI=1S/C15H23N3.HI/c1-4-11-17-15(16-3)18-12-10-13(2)14-8-6-5-7-9-14;/h4-9,13H,1,10-12H2,2-3H3,(H2,16,17,18);1H. The molecule has 1 atom stereocenters. The van der Waals surface area contributed by atoms with E-state index in [0.29, 0.717) is 5.92 Å². The Bertz CT molecular complexity index is 376. The van der Waals surface area contributed by atoms with E-state index < -0.39 is 0 Å². The molecule has 0 spiro atoms. The number of hydrogen-bond donors (Lipinski definition) is 2. The summed E-state index contributed by atoms with van der Waals surface area (Å²) in [6.07, 6.45) is 2.90. The first kappa shape index (κ1) is 18.0. The maximum absolute atomic E-state index is 4.14. The first-order valence-electron chi connectivity index (χ1n) is 6.38. The van der Waals surface area contributed by atoms with Crippen molar-refractivity contribution in [2.45, 2.75) is 19.3 Å². The van der Waals surface area contributed by atoms with Gasteiger partial charge in [-0.15, -0.1) is 30.6 Å². The molecule has 106 valence electrons. The number of benzene rings is 1. The van der Waals surface area contributed by atoms with Gasteiger partial charge in [0.05, 0.1) is 0 Å². The first-order chi connectivity index (χ1) is 8.77. The Morgan fingerprint density at radius 2 is 2.00 bits per heavy atom. The molecule has 1 aromatic carbocycles. The lowest BCUT2D eigenvalue weighted by Gasteiger charge is -2.14. The van der Waals surface area contributed by atoms with Gasteiger partial charge in [-0.2, -0.15) is 0 Å². The number of aliphatic imine (C=N–C) groups is 1. The summed E-state index contributed by atoms with van der Waals surface area (Å²) in [5.41, 5.74) is 1.38. The Kier molecular flexibility index (Phi) is 10.2. The van der Waals surface area contributed by atoms with Gasteiger partial charge in [0.15, 0.2) is 5.96 Å². The maximum atomic E-state index is 4.14. The summed E-state index contributed by atoms with van der Waals surface area (Å²) < 4.78 is 0. The van der Waals surface area contributed by atoms with Crippen LogP contribution in [0.4, 0.5) is 0 Å². The zero-order valence-electron chi connectivity index (χ0n) is 11.7. The van der Waals surface area contributed by atoms with Gasteiger partial charge in [0.25, 0.3) is 0 Å². The van der Waals surface area contributed by atoms with Crippen molar-refractivity contribution in [2.24, 2.45) is 4.99 Å². The molecule has 1 aromatic rings. The van der Waals surface area contributed by atoms with Crippen LogP contribution in [0.2, 0.25) is 0 Å². The second kappa shape index (κ2) is 10.8. The smallest absolute Gasteiger partial charge is 0.191 e. The number of nitrogens with zero attached hydrogens (tertiary/aromatic N) is 1. The molecule has 0 fully saturated rings. The van der Waals surface area contributed by atoms with Crippen LogP contribution >= 0.6 is 24.0 Å². The molecule has 0 heterocycles. The van der Waals surface area contributed by atoms with Gasteiger partial charge in [-0.25, -0.2) is 0 Å². The van der Waals surface area contributed by atoms with Gasteiger partial charge in [-0.3, -0.25) is 4.99 Å². The minimum Gasteiger partial charge on any atom is -0.356 e. The van der Waals surface area contributed by atoms with Crippen LogP contribution in [-0.2, 0) is 0 Å². The Hall–Kier alpha value is -1.04. The zero-order valence-corrected chi connectivity index (χ0v) is 14.1. The molecule has 19 heavy (non-hydrogen) atoms. The van der Waals surface area contributed by atoms with E-state index >= 15 is 0 Å². The van der Waals surface area contributed by atoms with E-state index in [9.17, 15) is 0 Å². The highest BCUT2D eigenvalue weighted by Crippen LogP contribution is 2.17. The molecule has 0 aliphatic carbocycles. The minimum absolute atomic E-state index is 0. The third-order valence-corrected chi connectivity index (χ3v) is 2.88. The summed E-state index contributed by atoms with van der Waals surface area (Å²) >= 11 is 0. The van der Waals surface area contributed by atoms with Crippen molar-refractivity contribution in [2.75, 3.05) is 20.1 Å². The molecule has 1 rings (SSSR count). The first-order valence-corrected chi connectivity index (χ1v) is 6.38. The van der Waals surface area contributed by atoms with Crippen molar-refractivity contribution in [1.29, 1.82) is 0 Å². The second-order valence-corrected chi connectivity index (χ2v) is 4.27. The number of halogens is 1. The molecule has 0 aromatic heterocycles. The van der Waals surface area contributed by atoms with Gasteiger partial charge >= 0.3 is 0 Å². The lowest BCUT2D eigenvalue weighted by Crippen LogP contribution is -2.38. The van der Waals surface area contributed by atoms with Gasteiger partial charge in [0, 0.05) is 20.1 Å². The molecule has 0 bridgehead atoms. The third kappa shape index (κ3) is 7.20. The molecule has 2 N–H and O–H groups in total. The normalized spacial score (nSPS) is 12.2. The topological polar surface area (TPSA) is 36.4 Å². The van der Waals surface area contributed by atoms with Crippen molar-refractivity contribution in [3.8, 4) is 0 Å². The highest BCUT2D eigenvalue weighted by atomic mass is 127. The Labute approximate surface area is 133 Å². The molecular formula is C15H24IN3.